The highest BCUT2D eigenvalue weighted by atomic mass is 79.9. The van der Waals surface area contributed by atoms with Crippen LogP contribution in [-0.4, -0.2) is 5.91 Å². The summed E-state index contributed by atoms with van der Waals surface area (Å²) in [5.74, 6) is 0.591. The molecule has 0 spiro atoms. The first-order valence-corrected chi connectivity index (χ1v) is 7.71. The third-order valence-electron chi connectivity index (χ3n) is 3.06. The van der Waals surface area contributed by atoms with Crippen LogP contribution in [0.2, 0.25) is 5.02 Å². The molecule has 5 heteroatoms. The second-order valence-corrected chi connectivity index (χ2v) is 5.98. The average Bonchev–Trinajstić information content (AvgIpc) is 3.00. The molecule has 0 radical (unpaired) electrons. The maximum absolute atomic E-state index is 12.2. The highest BCUT2D eigenvalue weighted by Gasteiger charge is 2.12. The zero-order chi connectivity index (χ0) is 15.5. The normalized spacial score (nSPS) is 10.5. The Hall–Kier alpha value is -2.04. The van der Waals surface area contributed by atoms with Crippen LogP contribution in [0.3, 0.4) is 0 Å². The molecule has 2 aromatic carbocycles. The van der Waals surface area contributed by atoms with Crippen molar-refractivity contribution in [3.05, 3.63) is 75.9 Å². The third-order valence-corrected chi connectivity index (χ3v) is 3.84. The number of nitrogens with one attached hydrogen (secondary N) is 1. The molecule has 0 bridgehead atoms. The van der Waals surface area contributed by atoms with Gasteiger partial charge in [0.1, 0.15) is 5.76 Å². The summed E-state index contributed by atoms with van der Waals surface area (Å²) in [4.78, 5) is 12.2. The second kappa shape index (κ2) is 6.38. The van der Waals surface area contributed by atoms with Crippen LogP contribution in [0.15, 0.2) is 69.6 Å². The Morgan fingerprint density at radius 3 is 2.32 bits per heavy atom. The van der Waals surface area contributed by atoms with Gasteiger partial charge in [-0.2, -0.15) is 0 Å². The third kappa shape index (κ3) is 3.40. The Bertz CT molecular complexity index is 794. The lowest BCUT2D eigenvalue weighted by Crippen LogP contribution is -2.10. The van der Waals surface area contributed by atoms with Crippen LogP contribution < -0.4 is 5.32 Å². The van der Waals surface area contributed by atoms with Gasteiger partial charge in [-0.15, -0.1) is 0 Å². The first-order valence-electron chi connectivity index (χ1n) is 6.54. The molecule has 0 aliphatic heterocycles. The quantitative estimate of drug-likeness (QED) is 0.645. The zero-order valence-electron chi connectivity index (χ0n) is 11.3. The summed E-state index contributed by atoms with van der Waals surface area (Å²) in [6.45, 7) is 0. The van der Waals surface area contributed by atoms with E-state index in [-0.39, 0.29) is 11.7 Å². The number of carbonyl (C=O) groups is 1. The largest absolute Gasteiger partial charge is 0.451 e. The SMILES string of the molecule is O=C(Nc1ccc(Br)cc1)c1ccc(-c2ccc(Cl)cc2)o1. The van der Waals surface area contributed by atoms with E-state index in [0.29, 0.717) is 16.5 Å². The van der Waals surface area contributed by atoms with Gasteiger partial charge in [-0.3, -0.25) is 4.79 Å². The molecule has 1 heterocycles. The summed E-state index contributed by atoms with van der Waals surface area (Å²) in [5, 5.41) is 3.44. The molecular formula is C17H11BrClNO2. The summed E-state index contributed by atoms with van der Waals surface area (Å²) in [5.41, 5.74) is 1.57. The number of halogens is 2. The molecule has 3 aromatic rings. The molecule has 110 valence electrons. The lowest BCUT2D eigenvalue weighted by Gasteiger charge is -2.03. The molecule has 0 atom stereocenters. The van der Waals surface area contributed by atoms with Crippen LogP contribution in [0.1, 0.15) is 10.6 Å². The predicted octanol–water partition coefficient (Wildman–Crippen LogP) is 5.61. The topological polar surface area (TPSA) is 42.2 Å². The van der Waals surface area contributed by atoms with Gasteiger partial charge in [-0.05, 0) is 60.7 Å². The Labute approximate surface area is 141 Å². The minimum absolute atomic E-state index is 0.257. The van der Waals surface area contributed by atoms with E-state index in [1.807, 2.05) is 36.4 Å². The number of benzene rings is 2. The van der Waals surface area contributed by atoms with Crippen molar-refractivity contribution in [1.82, 2.24) is 0 Å². The standard InChI is InChI=1S/C17H11BrClNO2/c18-12-3-7-14(8-4-12)20-17(21)16-10-9-15(22-16)11-1-5-13(19)6-2-11/h1-10H,(H,20,21). The maximum atomic E-state index is 12.2. The van der Waals surface area contributed by atoms with Crippen molar-refractivity contribution < 1.29 is 9.21 Å². The van der Waals surface area contributed by atoms with E-state index >= 15 is 0 Å². The van der Waals surface area contributed by atoms with Crippen molar-refractivity contribution in [2.24, 2.45) is 0 Å². The van der Waals surface area contributed by atoms with E-state index in [2.05, 4.69) is 21.2 Å². The highest BCUT2D eigenvalue weighted by molar-refractivity contribution is 9.10. The van der Waals surface area contributed by atoms with Gasteiger partial charge >= 0.3 is 0 Å². The van der Waals surface area contributed by atoms with Crippen molar-refractivity contribution in [1.29, 1.82) is 0 Å². The van der Waals surface area contributed by atoms with Crippen LogP contribution in [0.4, 0.5) is 5.69 Å². The maximum Gasteiger partial charge on any atom is 0.291 e. The Morgan fingerprint density at radius 1 is 0.955 bits per heavy atom. The van der Waals surface area contributed by atoms with Gasteiger partial charge in [-0.25, -0.2) is 0 Å². The van der Waals surface area contributed by atoms with E-state index in [4.69, 9.17) is 16.0 Å². The van der Waals surface area contributed by atoms with E-state index in [1.165, 1.54) is 0 Å². The van der Waals surface area contributed by atoms with Crippen LogP contribution >= 0.6 is 27.5 Å². The van der Waals surface area contributed by atoms with Gasteiger partial charge < -0.3 is 9.73 Å². The fraction of sp³-hybridized carbons (Fsp3) is 0. The molecule has 0 saturated heterocycles. The number of amides is 1. The molecule has 1 aromatic heterocycles. The Kier molecular flexibility index (Phi) is 4.32. The molecule has 0 unspecified atom stereocenters. The molecule has 1 amide bonds. The summed E-state index contributed by atoms with van der Waals surface area (Å²) in [7, 11) is 0. The van der Waals surface area contributed by atoms with Gasteiger partial charge in [0, 0.05) is 20.7 Å². The monoisotopic (exact) mass is 375 g/mol. The summed E-state index contributed by atoms with van der Waals surface area (Å²) in [6.07, 6.45) is 0. The fourth-order valence-corrected chi connectivity index (χ4v) is 2.35. The van der Waals surface area contributed by atoms with Crippen LogP contribution in [0.25, 0.3) is 11.3 Å². The summed E-state index contributed by atoms with van der Waals surface area (Å²) < 4.78 is 6.56. The summed E-state index contributed by atoms with van der Waals surface area (Å²) in [6, 6.07) is 18.0. The van der Waals surface area contributed by atoms with Gasteiger partial charge in [-0.1, -0.05) is 27.5 Å². The van der Waals surface area contributed by atoms with Gasteiger partial charge in [0.05, 0.1) is 0 Å². The minimum atomic E-state index is -0.289. The van der Waals surface area contributed by atoms with E-state index in [9.17, 15) is 4.79 Å². The van der Waals surface area contributed by atoms with Crippen molar-refractivity contribution >= 4 is 39.1 Å². The molecule has 0 aliphatic rings. The number of hydrogen-bond acceptors (Lipinski definition) is 2. The first kappa shape index (κ1) is 14.9. The number of anilines is 1. The Balaban J connectivity index is 1.76. The number of furan rings is 1. The van der Waals surface area contributed by atoms with Gasteiger partial charge in [0.25, 0.3) is 5.91 Å². The van der Waals surface area contributed by atoms with E-state index in [0.717, 1.165) is 10.0 Å². The second-order valence-electron chi connectivity index (χ2n) is 4.63. The molecule has 22 heavy (non-hydrogen) atoms. The molecule has 3 nitrogen and oxygen atoms in total. The molecule has 0 saturated carbocycles. The van der Waals surface area contributed by atoms with Gasteiger partial charge in [0.15, 0.2) is 5.76 Å². The van der Waals surface area contributed by atoms with Crippen LogP contribution in [-0.2, 0) is 0 Å². The van der Waals surface area contributed by atoms with Crippen molar-refractivity contribution in [2.75, 3.05) is 5.32 Å². The van der Waals surface area contributed by atoms with Crippen molar-refractivity contribution in [3.8, 4) is 11.3 Å². The molecule has 0 fully saturated rings. The smallest absolute Gasteiger partial charge is 0.291 e. The minimum Gasteiger partial charge on any atom is -0.451 e. The van der Waals surface area contributed by atoms with E-state index < -0.39 is 0 Å². The molecular weight excluding hydrogens is 366 g/mol. The summed E-state index contributed by atoms with van der Waals surface area (Å²) >= 11 is 9.21. The lowest BCUT2D eigenvalue weighted by atomic mass is 10.2. The lowest BCUT2D eigenvalue weighted by molar-refractivity contribution is 0.0997. The number of hydrogen-bond donors (Lipinski definition) is 1. The molecule has 3 rings (SSSR count). The number of rotatable bonds is 3. The molecule has 0 aliphatic carbocycles. The van der Waals surface area contributed by atoms with Crippen LogP contribution in [0.5, 0.6) is 0 Å². The highest BCUT2D eigenvalue weighted by Crippen LogP contribution is 2.24. The average molecular weight is 377 g/mol. The zero-order valence-corrected chi connectivity index (χ0v) is 13.7. The van der Waals surface area contributed by atoms with Gasteiger partial charge in [0.2, 0.25) is 0 Å². The Morgan fingerprint density at radius 2 is 1.64 bits per heavy atom. The predicted molar refractivity (Wildman–Crippen MR) is 91.2 cm³/mol. The van der Waals surface area contributed by atoms with Crippen LogP contribution in [0, 0.1) is 0 Å². The number of carbonyl (C=O) groups excluding carboxylic acids is 1. The van der Waals surface area contributed by atoms with Crippen molar-refractivity contribution in [2.45, 2.75) is 0 Å². The molecule has 1 N–H and O–H groups in total. The van der Waals surface area contributed by atoms with Crippen molar-refractivity contribution in [3.63, 3.8) is 0 Å². The van der Waals surface area contributed by atoms with E-state index in [1.54, 1.807) is 24.3 Å². The fourth-order valence-electron chi connectivity index (χ4n) is 1.96. The first-order chi connectivity index (χ1) is 10.6.